The number of pyridine rings is 1. The Balaban J connectivity index is 1.65. The van der Waals surface area contributed by atoms with Crippen molar-refractivity contribution in [2.75, 3.05) is 13.2 Å². The molecular weight excluding hydrogens is 408 g/mol. The number of hydrogen-bond donors (Lipinski definition) is 3. The zero-order valence-corrected chi connectivity index (χ0v) is 18.6. The number of aromatic nitrogens is 3. The van der Waals surface area contributed by atoms with Crippen LogP contribution in [-0.2, 0) is 17.9 Å². The number of ether oxygens (including phenoxy) is 1. The number of aryl methyl sites for hydroxylation is 2. The van der Waals surface area contributed by atoms with Crippen molar-refractivity contribution in [1.29, 1.82) is 0 Å². The molecule has 3 N–H and O–H groups in total. The molecule has 8 nitrogen and oxygen atoms in total. The molecule has 0 aliphatic heterocycles. The number of nitrogens with zero attached hydrogens (tertiary/aromatic N) is 2. The lowest BCUT2D eigenvalue weighted by atomic mass is 10.0. The van der Waals surface area contributed by atoms with Crippen LogP contribution in [0.2, 0.25) is 0 Å². The molecule has 0 unspecified atom stereocenters. The Morgan fingerprint density at radius 1 is 1.28 bits per heavy atom. The van der Waals surface area contributed by atoms with E-state index in [1.54, 1.807) is 6.20 Å². The second kappa shape index (κ2) is 9.67. The lowest BCUT2D eigenvalue weighted by molar-refractivity contribution is 0.0814. The van der Waals surface area contributed by atoms with E-state index in [2.05, 4.69) is 15.4 Å². The summed E-state index contributed by atoms with van der Waals surface area (Å²) >= 11 is 0. The van der Waals surface area contributed by atoms with Gasteiger partial charge in [0.1, 0.15) is 0 Å². The van der Waals surface area contributed by atoms with Gasteiger partial charge in [0.05, 0.1) is 43.1 Å². The van der Waals surface area contributed by atoms with Gasteiger partial charge in [-0.2, -0.15) is 5.10 Å². The summed E-state index contributed by atoms with van der Waals surface area (Å²) in [4.78, 5) is 28.3. The first kappa shape index (κ1) is 22.2. The highest BCUT2D eigenvalue weighted by atomic mass is 16.5. The predicted octanol–water partition coefficient (Wildman–Crippen LogP) is 2.90. The molecule has 32 heavy (non-hydrogen) atoms. The van der Waals surface area contributed by atoms with Gasteiger partial charge in [-0.15, -0.1) is 0 Å². The monoisotopic (exact) mass is 438 g/mol. The van der Waals surface area contributed by atoms with Crippen molar-refractivity contribution < 1.29 is 14.6 Å². The Kier molecular flexibility index (Phi) is 6.72. The van der Waals surface area contributed by atoms with Gasteiger partial charge in [0, 0.05) is 23.2 Å². The molecule has 0 atom stereocenters. The van der Waals surface area contributed by atoms with Crippen molar-refractivity contribution in [3.05, 3.63) is 62.7 Å². The Bertz CT molecular complexity index is 1170. The first-order chi connectivity index (χ1) is 15.5. The Morgan fingerprint density at radius 3 is 2.78 bits per heavy atom. The molecule has 170 valence electrons. The SMILES string of the molecule is Cc1cc(C)c(CNC(=O)c2cc(COCCO)cc3c2cnn3C2CCCC2)c(=O)[nH]1. The third-order valence-corrected chi connectivity index (χ3v) is 6.12. The van der Waals surface area contributed by atoms with Crippen LogP contribution in [0.4, 0.5) is 0 Å². The third kappa shape index (κ3) is 4.61. The molecule has 1 aromatic carbocycles. The summed E-state index contributed by atoms with van der Waals surface area (Å²) in [5.41, 5.74) is 4.26. The highest BCUT2D eigenvalue weighted by Gasteiger charge is 2.22. The average Bonchev–Trinajstić information content (AvgIpc) is 3.42. The van der Waals surface area contributed by atoms with Crippen molar-refractivity contribution in [2.24, 2.45) is 0 Å². The van der Waals surface area contributed by atoms with Gasteiger partial charge in [-0.05, 0) is 56.0 Å². The summed E-state index contributed by atoms with van der Waals surface area (Å²) in [5, 5.41) is 17.3. The number of benzene rings is 1. The molecule has 8 heteroatoms. The van der Waals surface area contributed by atoms with Gasteiger partial charge in [0.2, 0.25) is 0 Å². The minimum absolute atomic E-state index is 0.0555. The van der Waals surface area contributed by atoms with Crippen molar-refractivity contribution in [2.45, 2.75) is 58.7 Å². The number of aliphatic hydroxyl groups is 1. The quantitative estimate of drug-likeness (QED) is 0.469. The van der Waals surface area contributed by atoms with Gasteiger partial charge in [0.15, 0.2) is 0 Å². The molecule has 0 radical (unpaired) electrons. The average molecular weight is 439 g/mol. The number of rotatable bonds is 8. The molecule has 2 heterocycles. The number of fused-ring (bicyclic) bond motifs is 1. The maximum atomic E-state index is 13.2. The molecule has 3 aromatic rings. The van der Waals surface area contributed by atoms with Crippen molar-refractivity contribution in [3.63, 3.8) is 0 Å². The topological polar surface area (TPSA) is 109 Å². The van der Waals surface area contributed by atoms with E-state index in [0.29, 0.717) is 23.8 Å². The second-order valence-electron chi connectivity index (χ2n) is 8.51. The summed E-state index contributed by atoms with van der Waals surface area (Å²) in [7, 11) is 0. The summed E-state index contributed by atoms with van der Waals surface area (Å²) in [6.45, 7) is 4.32. The number of hydrogen-bond acceptors (Lipinski definition) is 5. The van der Waals surface area contributed by atoms with E-state index >= 15 is 0 Å². The van der Waals surface area contributed by atoms with Crippen LogP contribution in [0.15, 0.2) is 29.2 Å². The maximum Gasteiger partial charge on any atom is 0.253 e. The van der Waals surface area contributed by atoms with Gasteiger partial charge in [-0.3, -0.25) is 14.3 Å². The van der Waals surface area contributed by atoms with E-state index in [4.69, 9.17) is 9.84 Å². The number of H-pyrrole nitrogens is 1. The van der Waals surface area contributed by atoms with Crippen LogP contribution >= 0.6 is 0 Å². The highest BCUT2D eigenvalue weighted by Crippen LogP contribution is 2.33. The molecule has 1 saturated carbocycles. The lowest BCUT2D eigenvalue weighted by Crippen LogP contribution is -2.28. The van der Waals surface area contributed by atoms with Gasteiger partial charge >= 0.3 is 0 Å². The molecule has 0 bridgehead atoms. The summed E-state index contributed by atoms with van der Waals surface area (Å²) in [6, 6.07) is 6.06. The first-order valence-corrected chi connectivity index (χ1v) is 11.1. The van der Waals surface area contributed by atoms with Crippen molar-refractivity contribution in [3.8, 4) is 0 Å². The van der Waals surface area contributed by atoms with Gasteiger partial charge in [-0.1, -0.05) is 12.8 Å². The Hall–Kier alpha value is -2.97. The van der Waals surface area contributed by atoms with E-state index in [0.717, 1.165) is 40.6 Å². The van der Waals surface area contributed by atoms with E-state index in [1.807, 2.05) is 36.7 Å². The minimum atomic E-state index is -0.260. The molecule has 1 aliphatic rings. The first-order valence-electron chi connectivity index (χ1n) is 11.1. The van der Waals surface area contributed by atoms with Gasteiger partial charge in [0.25, 0.3) is 11.5 Å². The molecule has 2 aromatic heterocycles. The Labute approximate surface area is 186 Å². The molecule has 1 amide bonds. The zero-order valence-electron chi connectivity index (χ0n) is 18.6. The minimum Gasteiger partial charge on any atom is -0.394 e. The van der Waals surface area contributed by atoms with Crippen LogP contribution in [0, 0.1) is 13.8 Å². The number of carbonyl (C=O) groups is 1. The normalized spacial score (nSPS) is 14.3. The number of aliphatic hydroxyl groups excluding tert-OH is 1. The summed E-state index contributed by atoms with van der Waals surface area (Å²) in [6.07, 6.45) is 6.29. The lowest BCUT2D eigenvalue weighted by Gasteiger charge is -2.14. The largest absolute Gasteiger partial charge is 0.394 e. The predicted molar refractivity (Wildman–Crippen MR) is 122 cm³/mol. The van der Waals surface area contributed by atoms with Crippen LogP contribution in [0.5, 0.6) is 0 Å². The zero-order chi connectivity index (χ0) is 22.7. The molecule has 1 aliphatic carbocycles. The highest BCUT2D eigenvalue weighted by molar-refractivity contribution is 6.06. The third-order valence-electron chi connectivity index (χ3n) is 6.12. The molecule has 1 fully saturated rings. The fourth-order valence-electron chi connectivity index (χ4n) is 4.53. The molecule has 0 saturated heterocycles. The molecule has 0 spiro atoms. The second-order valence-corrected chi connectivity index (χ2v) is 8.51. The number of aromatic amines is 1. The smallest absolute Gasteiger partial charge is 0.253 e. The number of carbonyl (C=O) groups excluding carboxylic acids is 1. The molecular formula is C24H30N4O4. The number of nitrogens with one attached hydrogen (secondary N) is 2. The van der Waals surface area contributed by atoms with Crippen LogP contribution in [0.1, 0.15) is 64.5 Å². The maximum absolute atomic E-state index is 13.2. The van der Waals surface area contributed by atoms with E-state index in [-0.39, 0.29) is 31.2 Å². The van der Waals surface area contributed by atoms with Crippen LogP contribution < -0.4 is 10.9 Å². The van der Waals surface area contributed by atoms with Crippen LogP contribution in [0.3, 0.4) is 0 Å². The van der Waals surface area contributed by atoms with Gasteiger partial charge < -0.3 is 20.1 Å². The summed E-state index contributed by atoms with van der Waals surface area (Å²) in [5.74, 6) is -0.260. The van der Waals surface area contributed by atoms with E-state index in [9.17, 15) is 9.59 Å². The van der Waals surface area contributed by atoms with Crippen molar-refractivity contribution in [1.82, 2.24) is 20.1 Å². The standard InChI is InChI=1S/C24H30N4O4/c1-15-9-16(2)27-24(31)20(15)12-25-23(30)19-10-17(14-32-8-7-29)11-22-21(19)13-26-28(22)18-5-3-4-6-18/h9-11,13,18,29H,3-8,12,14H2,1-2H3,(H,25,30)(H,27,31). The van der Waals surface area contributed by atoms with Crippen LogP contribution in [0.25, 0.3) is 10.9 Å². The fourth-order valence-corrected chi connectivity index (χ4v) is 4.53. The number of amides is 1. The van der Waals surface area contributed by atoms with Crippen molar-refractivity contribution >= 4 is 16.8 Å². The van der Waals surface area contributed by atoms with E-state index < -0.39 is 0 Å². The molecule has 4 rings (SSSR count). The Morgan fingerprint density at radius 2 is 2.06 bits per heavy atom. The van der Waals surface area contributed by atoms with Gasteiger partial charge in [-0.25, -0.2) is 0 Å². The van der Waals surface area contributed by atoms with E-state index in [1.165, 1.54) is 12.8 Å². The summed E-state index contributed by atoms with van der Waals surface area (Å²) < 4.78 is 7.54. The van der Waals surface area contributed by atoms with Crippen LogP contribution in [-0.4, -0.2) is 39.0 Å². The fraction of sp³-hybridized carbons (Fsp3) is 0.458.